The second-order valence-corrected chi connectivity index (χ2v) is 10.5. The third-order valence-electron chi connectivity index (χ3n) is 6.07. The fourth-order valence-electron chi connectivity index (χ4n) is 4.13. The summed E-state index contributed by atoms with van der Waals surface area (Å²) in [6, 6.07) is 9.51. The van der Waals surface area contributed by atoms with E-state index < -0.39 is 17.9 Å². The first-order valence-electron chi connectivity index (χ1n) is 11.8. The molecule has 194 valence electrons. The molecule has 2 aromatic carbocycles. The lowest BCUT2D eigenvalue weighted by molar-refractivity contribution is -0.142. The van der Waals surface area contributed by atoms with E-state index in [-0.39, 0.29) is 23.9 Å². The minimum Gasteiger partial charge on any atom is -0.467 e. The Kier molecular flexibility index (Phi) is 8.88. The van der Waals surface area contributed by atoms with Crippen molar-refractivity contribution in [3.05, 3.63) is 74.1 Å². The zero-order valence-corrected chi connectivity index (χ0v) is 22.6. The molecule has 0 fully saturated rings. The van der Waals surface area contributed by atoms with Crippen LogP contribution in [0.5, 0.6) is 0 Å². The van der Waals surface area contributed by atoms with Gasteiger partial charge in [0.15, 0.2) is 0 Å². The number of halogens is 1. The van der Waals surface area contributed by atoms with E-state index in [1.165, 1.54) is 30.5 Å². The Morgan fingerprint density at radius 2 is 1.95 bits per heavy atom. The lowest BCUT2D eigenvalue weighted by Crippen LogP contribution is -2.49. The highest BCUT2D eigenvalue weighted by molar-refractivity contribution is 9.10. The minimum absolute atomic E-state index is 0.119. The number of hydrogen-bond acceptors (Lipinski definition) is 7. The average Bonchev–Trinajstić information content (AvgIpc) is 3.61. The summed E-state index contributed by atoms with van der Waals surface area (Å²) in [7, 11) is 1.21. The molecule has 2 aliphatic rings. The Balaban J connectivity index is 1.37. The Hall–Kier alpha value is -3.31. The number of nitrogens with one attached hydrogen (secondary N) is 4. The highest BCUT2D eigenvalue weighted by Gasteiger charge is 2.25. The number of thioether (sulfide) groups is 1. The van der Waals surface area contributed by atoms with Gasteiger partial charge in [-0.1, -0.05) is 18.2 Å². The molecule has 4 N–H and O–H groups in total. The van der Waals surface area contributed by atoms with Gasteiger partial charge in [0.2, 0.25) is 0 Å². The second kappa shape index (κ2) is 12.3. The van der Waals surface area contributed by atoms with Gasteiger partial charge in [0.25, 0.3) is 17.7 Å². The molecule has 2 heterocycles. The number of benzene rings is 2. The molecule has 0 radical (unpaired) electrons. The van der Waals surface area contributed by atoms with Crippen molar-refractivity contribution in [2.24, 2.45) is 0 Å². The number of methoxy groups -OCH3 is 1. The SMILES string of the molecule is COC(=O)[C@H](CNC(=O)C1=CCCS1)NC(=O)c1ccc(C(=O)NCc2cccc3c2CCN3)cc1Br. The van der Waals surface area contributed by atoms with Crippen LogP contribution in [0.3, 0.4) is 0 Å². The smallest absolute Gasteiger partial charge is 0.330 e. The van der Waals surface area contributed by atoms with Crippen molar-refractivity contribution in [2.45, 2.75) is 25.4 Å². The Morgan fingerprint density at radius 1 is 1.11 bits per heavy atom. The van der Waals surface area contributed by atoms with Crippen LogP contribution in [-0.4, -0.2) is 55.7 Å². The van der Waals surface area contributed by atoms with Gasteiger partial charge in [0.1, 0.15) is 6.04 Å². The molecular formula is C26H27BrN4O5S. The number of amides is 3. The summed E-state index contributed by atoms with van der Waals surface area (Å²) in [5.74, 6) is -0.959. The monoisotopic (exact) mass is 586 g/mol. The van der Waals surface area contributed by atoms with Crippen LogP contribution >= 0.6 is 27.7 Å². The van der Waals surface area contributed by atoms with Crippen LogP contribution in [0, 0.1) is 0 Å². The van der Waals surface area contributed by atoms with E-state index in [0.29, 0.717) is 21.5 Å². The zero-order chi connectivity index (χ0) is 26.4. The summed E-state index contributed by atoms with van der Waals surface area (Å²) in [6.07, 6.45) is 3.58. The van der Waals surface area contributed by atoms with Crippen LogP contribution in [0.15, 0.2) is 51.9 Å². The van der Waals surface area contributed by atoms with E-state index >= 15 is 0 Å². The number of carbonyl (C=O) groups excluding carboxylic acids is 4. The molecule has 9 nitrogen and oxygen atoms in total. The van der Waals surface area contributed by atoms with Gasteiger partial charge < -0.3 is 26.0 Å². The van der Waals surface area contributed by atoms with Crippen LogP contribution in [0.25, 0.3) is 0 Å². The Bertz CT molecular complexity index is 1270. The van der Waals surface area contributed by atoms with Crippen molar-refractivity contribution in [1.29, 1.82) is 0 Å². The molecule has 0 saturated carbocycles. The van der Waals surface area contributed by atoms with Gasteiger partial charge in [0.05, 0.1) is 17.6 Å². The van der Waals surface area contributed by atoms with Gasteiger partial charge in [-0.3, -0.25) is 14.4 Å². The molecule has 0 aliphatic carbocycles. The lowest BCUT2D eigenvalue weighted by Gasteiger charge is -2.18. The predicted octanol–water partition coefficient (Wildman–Crippen LogP) is 2.76. The second-order valence-electron chi connectivity index (χ2n) is 8.46. The van der Waals surface area contributed by atoms with Gasteiger partial charge in [-0.15, -0.1) is 11.8 Å². The third-order valence-corrected chi connectivity index (χ3v) is 7.82. The summed E-state index contributed by atoms with van der Waals surface area (Å²) >= 11 is 4.80. The molecule has 0 unspecified atom stereocenters. The van der Waals surface area contributed by atoms with E-state index in [2.05, 4.69) is 37.2 Å². The number of allylic oxidation sites excluding steroid dienone is 1. The lowest BCUT2D eigenvalue weighted by atomic mass is 10.0. The van der Waals surface area contributed by atoms with E-state index in [9.17, 15) is 19.2 Å². The topological polar surface area (TPSA) is 126 Å². The number of rotatable bonds is 9. The van der Waals surface area contributed by atoms with E-state index in [1.807, 2.05) is 24.3 Å². The number of carbonyl (C=O) groups is 4. The standard InChI is InChI=1S/C26H27BrN4O5S/c1-36-26(35)21(14-30-25(34)22-6-3-11-37-22)31-24(33)18-8-7-15(12-19(18)27)23(32)29-13-16-4-2-5-20-17(16)9-10-28-20/h2,4-8,12,21,28H,3,9-11,13-14H2,1H3,(H,29,32)(H,30,34)(H,31,33)/t21-/m0/s1. The zero-order valence-electron chi connectivity index (χ0n) is 20.2. The first-order valence-corrected chi connectivity index (χ1v) is 13.6. The normalized spacial score (nSPS) is 14.6. The molecule has 0 spiro atoms. The van der Waals surface area contributed by atoms with Crippen molar-refractivity contribution in [3.8, 4) is 0 Å². The average molecular weight is 587 g/mol. The summed E-state index contributed by atoms with van der Waals surface area (Å²) in [4.78, 5) is 50.8. The summed E-state index contributed by atoms with van der Waals surface area (Å²) in [5, 5.41) is 11.5. The van der Waals surface area contributed by atoms with Crippen molar-refractivity contribution < 1.29 is 23.9 Å². The fraction of sp³-hybridized carbons (Fsp3) is 0.308. The highest BCUT2D eigenvalue weighted by Crippen LogP contribution is 2.26. The molecule has 0 bridgehead atoms. The number of esters is 1. The van der Waals surface area contributed by atoms with Gasteiger partial charge >= 0.3 is 5.97 Å². The Morgan fingerprint density at radius 3 is 2.68 bits per heavy atom. The molecule has 0 aromatic heterocycles. The van der Waals surface area contributed by atoms with Crippen molar-refractivity contribution in [1.82, 2.24) is 16.0 Å². The maximum absolute atomic E-state index is 12.9. The number of anilines is 1. The first kappa shape index (κ1) is 26.7. The quantitative estimate of drug-likeness (QED) is 0.333. The van der Waals surface area contributed by atoms with E-state index in [1.54, 1.807) is 12.1 Å². The molecule has 37 heavy (non-hydrogen) atoms. The van der Waals surface area contributed by atoms with Crippen molar-refractivity contribution in [3.63, 3.8) is 0 Å². The van der Waals surface area contributed by atoms with Crippen molar-refractivity contribution in [2.75, 3.05) is 31.3 Å². The molecule has 11 heteroatoms. The highest BCUT2D eigenvalue weighted by atomic mass is 79.9. The van der Waals surface area contributed by atoms with Crippen LogP contribution in [0.4, 0.5) is 5.69 Å². The van der Waals surface area contributed by atoms with E-state index in [0.717, 1.165) is 36.4 Å². The molecule has 4 rings (SSSR count). The number of ether oxygens (including phenoxy) is 1. The predicted molar refractivity (Wildman–Crippen MR) is 145 cm³/mol. The maximum Gasteiger partial charge on any atom is 0.330 e. The molecule has 3 amide bonds. The van der Waals surface area contributed by atoms with Crippen molar-refractivity contribution >= 4 is 57.1 Å². The largest absolute Gasteiger partial charge is 0.467 e. The maximum atomic E-state index is 12.9. The van der Waals surface area contributed by atoms with Gasteiger partial charge in [-0.2, -0.15) is 0 Å². The van der Waals surface area contributed by atoms with Crippen LogP contribution < -0.4 is 21.3 Å². The molecule has 0 saturated heterocycles. The first-order chi connectivity index (χ1) is 17.9. The summed E-state index contributed by atoms with van der Waals surface area (Å²) in [6.45, 7) is 1.16. The van der Waals surface area contributed by atoms with Gasteiger partial charge in [-0.25, -0.2) is 4.79 Å². The van der Waals surface area contributed by atoms with Gasteiger partial charge in [0, 0.05) is 41.1 Å². The molecular weight excluding hydrogens is 560 g/mol. The molecule has 1 atom stereocenters. The van der Waals surface area contributed by atoms with Gasteiger partial charge in [-0.05, 0) is 64.2 Å². The van der Waals surface area contributed by atoms with Crippen LogP contribution in [-0.2, 0) is 27.3 Å². The summed E-state index contributed by atoms with van der Waals surface area (Å²) in [5.41, 5.74) is 4.00. The molecule has 2 aliphatic heterocycles. The fourth-order valence-corrected chi connectivity index (χ4v) is 5.58. The molecule has 2 aromatic rings. The number of hydrogen-bond donors (Lipinski definition) is 4. The Labute approximate surface area is 227 Å². The third kappa shape index (κ3) is 6.53. The minimum atomic E-state index is -1.08. The number of fused-ring (bicyclic) bond motifs is 1. The van der Waals surface area contributed by atoms with Crippen LogP contribution in [0.2, 0.25) is 0 Å². The summed E-state index contributed by atoms with van der Waals surface area (Å²) < 4.78 is 5.18. The van der Waals surface area contributed by atoms with Crippen LogP contribution in [0.1, 0.15) is 38.3 Å². The van der Waals surface area contributed by atoms with E-state index in [4.69, 9.17) is 4.74 Å².